The minimum absolute atomic E-state index is 0.0988. The van der Waals surface area contributed by atoms with Crippen LogP contribution in [0.25, 0.3) is 0 Å². The summed E-state index contributed by atoms with van der Waals surface area (Å²) in [5.74, 6) is 0.531. The molecule has 188 valence electrons. The highest BCUT2D eigenvalue weighted by Crippen LogP contribution is 2.33. The number of para-hydroxylation sites is 4. The first-order chi connectivity index (χ1) is 16.9. The van der Waals surface area contributed by atoms with Crippen LogP contribution in [0.2, 0.25) is 0 Å². The number of carbonyl (C=O) groups excluding carboxylic acids is 1. The van der Waals surface area contributed by atoms with E-state index < -0.39 is 9.57 Å². The number of benzene rings is 2. The number of nitro benzene ring substituents is 1. The summed E-state index contributed by atoms with van der Waals surface area (Å²) in [5, 5.41) is 25.3. The molecule has 1 heterocycles. The van der Waals surface area contributed by atoms with Crippen LogP contribution in [0.3, 0.4) is 0 Å². The second-order valence-corrected chi connectivity index (χ2v) is 9.46. The zero-order valence-electron chi connectivity index (χ0n) is 20.3. The molecule has 2 fully saturated rings. The molecule has 1 saturated carbocycles. The van der Waals surface area contributed by atoms with Crippen LogP contribution in [0.5, 0.6) is 5.75 Å². The molecule has 0 atom stereocenters. The molecule has 0 aromatic heterocycles. The van der Waals surface area contributed by atoms with E-state index >= 15 is 0 Å². The molecule has 0 radical (unpaired) electrons. The number of methoxy groups -OCH3 is 1. The van der Waals surface area contributed by atoms with Gasteiger partial charge in [-0.2, -0.15) is 0 Å². The van der Waals surface area contributed by atoms with Crippen LogP contribution in [0.1, 0.15) is 32.1 Å². The van der Waals surface area contributed by atoms with Crippen molar-refractivity contribution in [2.45, 2.75) is 32.1 Å². The molecule has 1 aliphatic carbocycles. The Labute approximate surface area is 206 Å². The largest absolute Gasteiger partial charge is 0.633 e. The molecule has 2 aromatic rings. The normalized spacial score (nSPS) is 18.2. The first kappa shape index (κ1) is 24.9. The molecule has 1 saturated heterocycles. The smallest absolute Gasteiger partial charge is 0.292 e. The van der Waals surface area contributed by atoms with Gasteiger partial charge in [0.15, 0.2) is 0 Å². The van der Waals surface area contributed by atoms with Crippen molar-refractivity contribution in [1.82, 2.24) is 0 Å². The average molecular weight is 483 g/mol. The van der Waals surface area contributed by atoms with Crippen molar-refractivity contribution in [3.05, 3.63) is 63.9 Å². The molecular formula is C26H34N4O5. The highest BCUT2D eigenvalue weighted by atomic mass is 16.6. The van der Waals surface area contributed by atoms with Crippen LogP contribution in [0, 0.1) is 21.2 Å². The molecule has 2 aliphatic rings. The van der Waals surface area contributed by atoms with E-state index in [9.17, 15) is 20.1 Å². The molecule has 1 amide bonds. The molecule has 9 nitrogen and oxygen atoms in total. The number of rotatable bonds is 8. The second kappa shape index (κ2) is 11.0. The lowest BCUT2D eigenvalue weighted by Gasteiger charge is -2.49. The number of ether oxygens (including phenoxy) is 1. The Balaban J connectivity index is 1.49. The molecule has 35 heavy (non-hydrogen) atoms. The maximum absolute atomic E-state index is 13.6. The zero-order chi connectivity index (χ0) is 24.8. The molecule has 0 N–H and O–H groups in total. The van der Waals surface area contributed by atoms with Crippen molar-refractivity contribution >= 4 is 23.0 Å². The maximum Gasteiger partial charge on any atom is 0.292 e. The third kappa shape index (κ3) is 5.74. The lowest BCUT2D eigenvalue weighted by Crippen LogP contribution is -2.58. The Morgan fingerprint density at radius 1 is 1.09 bits per heavy atom. The van der Waals surface area contributed by atoms with E-state index in [0.29, 0.717) is 26.2 Å². The summed E-state index contributed by atoms with van der Waals surface area (Å²) in [6.07, 6.45) is 4.67. The first-order valence-corrected chi connectivity index (χ1v) is 12.4. The molecule has 0 unspecified atom stereocenters. The number of carbonyl (C=O) groups is 1. The number of amides is 1. The standard InChI is InChI=1S/C26H34N4O5/c1-35-25-14-8-7-13-24(25)27-15-18-30(34,19-16-27)20-17-28(26(31)21-9-3-2-4-10-21)22-11-5-6-12-23(22)29(32)33/h5-8,11-14,21H,2-4,9-10,15-20H2,1H3. The average Bonchev–Trinajstić information content (AvgIpc) is 2.90. The molecule has 2 aromatic carbocycles. The summed E-state index contributed by atoms with van der Waals surface area (Å²) in [6.45, 7) is 2.27. The van der Waals surface area contributed by atoms with E-state index in [0.717, 1.165) is 43.5 Å². The SMILES string of the molecule is COc1ccccc1N1CC[N+]([O-])(CCN(C(=O)C2CCCCC2)c2ccccc2[N+](=O)[O-])CC1. The van der Waals surface area contributed by atoms with Crippen molar-refractivity contribution in [3.63, 3.8) is 0 Å². The van der Waals surface area contributed by atoms with Gasteiger partial charge in [-0.05, 0) is 31.0 Å². The number of nitrogens with zero attached hydrogens (tertiary/aromatic N) is 4. The number of nitro groups is 1. The predicted octanol–water partition coefficient (Wildman–Crippen LogP) is 4.35. The van der Waals surface area contributed by atoms with Gasteiger partial charge in [-0.3, -0.25) is 14.9 Å². The first-order valence-electron chi connectivity index (χ1n) is 12.4. The fourth-order valence-corrected chi connectivity index (χ4v) is 5.23. The van der Waals surface area contributed by atoms with Gasteiger partial charge in [0.1, 0.15) is 11.4 Å². The minimum Gasteiger partial charge on any atom is -0.633 e. The summed E-state index contributed by atoms with van der Waals surface area (Å²) in [5.41, 5.74) is 1.15. The van der Waals surface area contributed by atoms with Crippen LogP contribution < -0.4 is 14.5 Å². The monoisotopic (exact) mass is 482 g/mol. The minimum atomic E-state index is -0.454. The van der Waals surface area contributed by atoms with E-state index in [2.05, 4.69) is 4.90 Å². The van der Waals surface area contributed by atoms with Crippen molar-refractivity contribution in [3.8, 4) is 5.75 Å². The summed E-state index contributed by atoms with van der Waals surface area (Å²) < 4.78 is 5.04. The summed E-state index contributed by atoms with van der Waals surface area (Å²) in [7, 11) is 1.64. The Morgan fingerprint density at radius 2 is 1.74 bits per heavy atom. The Bertz CT molecular complexity index is 1030. The molecule has 0 spiro atoms. The number of hydrogen-bond donors (Lipinski definition) is 0. The van der Waals surface area contributed by atoms with Gasteiger partial charge in [-0.15, -0.1) is 0 Å². The third-order valence-electron chi connectivity index (χ3n) is 7.30. The fourth-order valence-electron chi connectivity index (χ4n) is 5.23. The Morgan fingerprint density at radius 3 is 2.43 bits per heavy atom. The third-order valence-corrected chi connectivity index (χ3v) is 7.30. The summed E-state index contributed by atoms with van der Waals surface area (Å²) in [6, 6.07) is 14.1. The van der Waals surface area contributed by atoms with Gasteiger partial charge >= 0.3 is 0 Å². The fraction of sp³-hybridized carbons (Fsp3) is 0.500. The molecular weight excluding hydrogens is 448 g/mol. The predicted molar refractivity (Wildman–Crippen MR) is 135 cm³/mol. The number of piperazine rings is 1. The lowest BCUT2D eigenvalue weighted by atomic mass is 9.88. The summed E-state index contributed by atoms with van der Waals surface area (Å²) >= 11 is 0. The van der Waals surface area contributed by atoms with E-state index in [1.807, 2.05) is 24.3 Å². The topological polar surface area (TPSA) is 99.0 Å². The van der Waals surface area contributed by atoms with Crippen LogP contribution >= 0.6 is 0 Å². The van der Waals surface area contributed by atoms with Gasteiger partial charge in [0, 0.05) is 12.0 Å². The molecule has 4 rings (SSSR count). The van der Waals surface area contributed by atoms with Crippen LogP contribution in [0.15, 0.2) is 48.5 Å². The van der Waals surface area contributed by atoms with E-state index in [1.54, 1.807) is 25.3 Å². The number of quaternary nitrogens is 1. The second-order valence-electron chi connectivity index (χ2n) is 9.46. The van der Waals surface area contributed by atoms with Gasteiger partial charge in [0.2, 0.25) is 5.91 Å². The number of anilines is 2. The van der Waals surface area contributed by atoms with Crippen LogP contribution in [0.4, 0.5) is 17.1 Å². The number of hydroxylamine groups is 3. The maximum atomic E-state index is 13.6. The van der Waals surface area contributed by atoms with Crippen molar-refractivity contribution < 1.29 is 19.1 Å². The molecule has 0 bridgehead atoms. The van der Waals surface area contributed by atoms with Crippen molar-refractivity contribution in [1.29, 1.82) is 0 Å². The van der Waals surface area contributed by atoms with Crippen molar-refractivity contribution in [2.75, 3.05) is 56.2 Å². The Kier molecular flexibility index (Phi) is 7.87. The molecule has 9 heteroatoms. The molecule has 1 aliphatic heterocycles. The van der Waals surface area contributed by atoms with E-state index in [-0.39, 0.29) is 36.3 Å². The van der Waals surface area contributed by atoms with Gasteiger partial charge in [0.05, 0.1) is 57.0 Å². The van der Waals surface area contributed by atoms with Crippen LogP contribution in [-0.4, -0.2) is 61.9 Å². The van der Waals surface area contributed by atoms with Crippen LogP contribution in [-0.2, 0) is 4.79 Å². The lowest BCUT2D eigenvalue weighted by molar-refractivity contribution is -0.879. The highest BCUT2D eigenvalue weighted by Gasteiger charge is 2.33. The zero-order valence-corrected chi connectivity index (χ0v) is 20.3. The Hall–Kier alpha value is -3.17. The highest BCUT2D eigenvalue weighted by molar-refractivity contribution is 5.97. The van der Waals surface area contributed by atoms with E-state index in [4.69, 9.17) is 4.74 Å². The summed E-state index contributed by atoms with van der Waals surface area (Å²) in [4.78, 5) is 28.4. The van der Waals surface area contributed by atoms with Gasteiger partial charge in [0.25, 0.3) is 5.69 Å². The van der Waals surface area contributed by atoms with Gasteiger partial charge in [-0.1, -0.05) is 43.5 Å². The van der Waals surface area contributed by atoms with E-state index in [1.165, 1.54) is 11.0 Å². The van der Waals surface area contributed by atoms with Gasteiger partial charge < -0.3 is 24.4 Å². The van der Waals surface area contributed by atoms with Gasteiger partial charge in [-0.25, -0.2) is 0 Å². The quantitative estimate of drug-likeness (QED) is 0.240. The van der Waals surface area contributed by atoms with Crippen molar-refractivity contribution in [2.24, 2.45) is 5.92 Å². The number of hydrogen-bond acceptors (Lipinski definition) is 6.